The number of hydrogen-bond donors (Lipinski definition) is 1. The predicted octanol–water partition coefficient (Wildman–Crippen LogP) is 6.14. The number of benzene rings is 2. The van der Waals surface area contributed by atoms with Crippen LogP contribution in [0.4, 0.5) is 22.1 Å². The van der Waals surface area contributed by atoms with Crippen LogP contribution in [0.1, 0.15) is 50.3 Å². The van der Waals surface area contributed by atoms with E-state index in [4.69, 9.17) is 9.72 Å². The van der Waals surface area contributed by atoms with E-state index in [1.807, 2.05) is 55.7 Å². The molecule has 2 fully saturated rings. The van der Waals surface area contributed by atoms with Gasteiger partial charge in [0, 0.05) is 25.8 Å². The third-order valence-electron chi connectivity index (χ3n) is 8.67. The van der Waals surface area contributed by atoms with Gasteiger partial charge in [-0.05, 0) is 100 Å². The molecule has 10 heteroatoms. The van der Waals surface area contributed by atoms with Gasteiger partial charge in [-0.3, -0.25) is 4.90 Å². The summed E-state index contributed by atoms with van der Waals surface area (Å²) in [4.78, 5) is 35.8. The minimum Gasteiger partial charge on any atom is -0.444 e. The lowest BCUT2D eigenvalue weighted by Crippen LogP contribution is -2.57. The van der Waals surface area contributed by atoms with E-state index in [2.05, 4.69) is 68.5 Å². The Morgan fingerprint density at radius 3 is 2.52 bits per heavy atom. The molecule has 2 saturated heterocycles. The van der Waals surface area contributed by atoms with E-state index in [1.54, 1.807) is 6.33 Å². The van der Waals surface area contributed by atoms with Crippen molar-refractivity contribution in [3.05, 3.63) is 77.9 Å². The van der Waals surface area contributed by atoms with Gasteiger partial charge in [0.15, 0.2) is 5.82 Å². The molecule has 226 valence electrons. The lowest BCUT2D eigenvalue weighted by atomic mass is 9.99. The van der Waals surface area contributed by atoms with Crippen molar-refractivity contribution in [1.82, 2.24) is 29.4 Å². The molecule has 44 heavy (non-hydrogen) atoms. The number of imidazole rings is 1. The maximum Gasteiger partial charge on any atom is 0.410 e. The first-order chi connectivity index (χ1) is 21.1. The van der Waals surface area contributed by atoms with Gasteiger partial charge in [-0.15, -0.1) is 0 Å². The number of rotatable bonds is 5. The van der Waals surface area contributed by atoms with Crippen LogP contribution in [0.5, 0.6) is 0 Å². The van der Waals surface area contributed by atoms with Crippen LogP contribution in [0.3, 0.4) is 0 Å². The first-order valence-electron chi connectivity index (χ1n) is 15.3. The zero-order chi connectivity index (χ0) is 30.6. The number of carbonyl (C=O) groups excluding carboxylic acids is 1. The van der Waals surface area contributed by atoms with E-state index in [0.717, 1.165) is 65.9 Å². The van der Waals surface area contributed by atoms with Crippen molar-refractivity contribution >= 4 is 45.5 Å². The number of pyridine rings is 1. The Morgan fingerprint density at radius 1 is 0.977 bits per heavy atom. The van der Waals surface area contributed by atoms with E-state index in [1.165, 1.54) is 16.7 Å². The Balaban J connectivity index is 1.09. The second-order valence-electron chi connectivity index (χ2n) is 13.1. The van der Waals surface area contributed by atoms with E-state index in [9.17, 15) is 4.79 Å². The molecule has 0 saturated carbocycles. The maximum atomic E-state index is 12.9. The van der Waals surface area contributed by atoms with Gasteiger partial charge in [0.2, 0.25) is 0 Å². The molecule has 5 aromatic rings. The normalized spacial score (nSPS) is 18.3. The minimum atomic E-state index is -0.509. The van der Waals surface area contributed by atoms with Crippen molar-refractivity contribution in [1.29, 1.82) is 0 Å². The molecule has 1 N–H and O–H groups in total. The van der Waals surface area contributed by atoms with Gasteiger partial charge < -0.3 is 19.5 Å². The number of fused-ring (bicyclic) bond motifs is 4. The van der Waals surface area contributed by atoms with E-state index in [-0.39, 0.29) is 18.2 Å². The summed E-state index contributed by atoms with van der Waals surface area (Å²) < 4.78 is 7.75. The second-order valence-corrected chi connectivity index (χ2v) is 13.1. The Kier molecular flexibility index (Phi) is 6.87. The van der Waals surface area contributed by atoms with Gasteiger partial charge in [-0.25, -0.2) is 24.7 Å². The van der Waals surface area contributed by atoms with Gasteiger partial charge >= 0.3 is 6.09 Å². The monoisotopic (exact) mass is 590 g/mol. The molecule has 0 aliphatic carbocycles. The van der Waals surface area contributed by atoms with Crippen molar-refractivity contribution in [3.63, 3.8) is 0 Å². The zero-order valence-electron chi connectivity index (χ0n) is 25.9. The zero-order valence-corrected chi connectivity index (χ0v) is 25.9. The van der Waals surface area contributed by atoms with Crippen LogP contribution in [0.2, 0.25) is 0 Å². The number of carbonyl (C=O) groups is 1. The van der Waals surface area contributed by atoms with E-state index >= 15 is 0 Å². The molecule has 2 aromatic carbocycles. The molecule has 7 rings (SSSR count). The summed E-state index contributed by atoms with van der Waals surface area (Å²) in [5.41, 5.74) is 7.78. The molecule has 5 heterocycles. The molecule has 0 spiro atoms. The molecule has 2 atom stereocenters. The van der Waals surface area contributed by atoms with Gasteiger partial charge in [0.1, 0.15) is 23.3 Å². The Bertz CT molecular complexity index is 1860. The first-order valence-corrected chi connectivity index (χ1v) is 15.3. The van der Waals surface area contributed by atoms with Crippen LogP contribution in [-0.4, -0.2) is 66.3 Å². The van der Waals surface area contributed by atoms with Gasteiger partial charge in [0.05, 0.1) is 35.0 Å². The molecule has 2 bridgehead atoms. The molecule has 2 unspecified atom stereocenters. The Morgan fingerprint density at radius 2 is 1.77 bits per heavy atom. The molecule has 0 radical (unpaired) electrons. The topological polar surface area (TPSA) is 101 Å². The van der Waals surface area contributed by atoms with E-state index in [0.29, 0.717) is 5.82 Å². The molecule has 3 aromatic heterocycles. The standard InChI is InChI=1S/C34H38N8O2/c1-21-14-24(8-7-23(21)15-22-6-12-29-28(16-22)37-20-40(29)5)38-32-31-27(35-19-36-32)11-13-30(39-31)41-17-25-9-10-26(18-41)42(25)33(43)44-34(2,3)4/h6-8,11-14,16,19-20,25-26H,9-10,15,17-18H2,1-5H3,(H,35,36,38). The van der Waals surface area contributed by atoms with Gasteiger partial charge in [-0.2, -0.15) is 0 Å². The number of ether oxygens (including phenoxy) is 1. The highest BCUT2D eigenvalue weighted by Gasteiger charge is 2.44. The fraction of sp³-hybridized carbons (Fsp3) is 0.382. The number of nitrogens with zero attached hydrogens (tertiary/aromatic N) is 7. The third kappa shape index (κ3) is 5.40. The second kappa shape index (κ2) is 10.8. The molecule has 2 aliphatic rings. The SMILES string of the molecule is Cc1cc(Nc2ncnc3ccc(N4CC5CCC(C4)N5C(=O)OC(C)(C)C)nc23)ccc1Cc1ccc2c(c1)ncn2C. The fourth-order valence-corrected chi connectivity index (χ4v) is 6.52. The van der Waals surface area contributed by atoms with Crippen LogP contribution in [0, 0.1) is 6.92 Å². The molecular formula is C34H38N8O2. The van der Waals surface area contributed by atoms with Crippen LogP contribution in [-0.2, 0) is 18.2 Å². The number of nitrogens with one attached hydrogen (secondary N) is 1. The molecule has 2 aliphatic heterocycles. The molecule has 1 amide bonds. The van der Waals surface area contributed by atoms with Gasteiger partial charge in [0.25, 0.3) is 0 Å². The summed E-state index contributed by atoms with van der Waals surface area (Å²) in [6.07, 6.45) is 5.98. The highest BCUT2D eigenvalue weighted by molar-refractivity contribution is 5.88. The largest absolute Gasteiger partial charge is 0.444 e. The third-order valence-corrected chi connectivity index (χ3v) is 8.67. The summed E-state index contributed by atoms with van der Waals surface area (Å²) in [6.45, 7) is 9.32. The summed E-state index contributed by atoms with van der Waals surface area (Å²) in [7, 11) is 2.01. The van der Waals surface area contributed by atoms with E-state index < -0.39 is 5.60 Å². The number of hydrogen-bond acceptors (Lipinski definition) is 8. The summed E-state index contributed by atoms with van der Waals surface area (Å²) in [6, 6.07) is 17.1. The number of amides is 1. The van der Waals surface area contributed by atoms with Crippen molar-refractivity contribution in [2.45, 2.75) is 64.6 Å². The summed E-state index contributed by atoms with van der Waals surface area (Å²) in [5, 5.41) is 3.50. The Labute approximate surface area is 257 Å². The van der Waals surface area contributed by atoms with Crippen molar-refractivity contribution < 1.29 is 9.53 Å². The lowest BCUT2D eigenvalue weighted by molar-refractivity contribution is 0.0122. The van der Waals surface area contributed by atoms with Crippen molar-refractivity contribution in [2.75, 3.05) is 23.3 Å². The van der Waals surface area contributed by atoms with Crippen LogP contribution in [0.25, 0.3) is 22.1 Å². The van der Waals surface area contributed by atoms with Crippen molar-refractivity contribution in [3.8, 4) is 0 Å². The number of aryl methyl sites for hydroxylation is 2. The highest BCUT2D eigenvalue weighted by Crippen LogP contribution is 2.34. The highest BCUT2D eigenvalue weighted by atomic mass is 16.6. The molecular weight excluding hydrogens is 552 g/mol. The van der Waals surface area contributed by atoms with Crippen molar-refractivity contribution in [2.24, 2.45) is 7.05 Å². The predicted molar refractivity (Wildman–Crippen MR) is 172 cm³/mol. The maximum absolute atomic E-state index is 12.9. The van der Waals surface area contributed by atoms with Crippen LogP contribution in [0.15, 0.2) is 61.2 Å². The lowest BCUT2D eigenvalue weighted by Gasteiger charge is -2.41. The van der Waals surface area contributed by atoms with Crippen LogP contribution < -0.4 is 10.2 Å². The van der Waals surface area contributed by atoms with Crippen LogP contribution >= 0.6 is 0 Å². The minimum absolute atomic E-state index is 0.109. The smallest absolute Gasteiger partial charge is 0.410 e. The van der Waals surface area contributed by atoms with Gasteiger partial charge in [-0.1, -0.05) is 12.1 Å². The quantitative estimate of drug-likeness (QED) is 0.260. The Hall–Kier alpha value is -4.73. The summed E-state index contributed by atoms with van der Waals surface area (Å²) in [5.74, 6) is 1.53. The number of aromatic nitrogens is 5. The summed E-state index contributed by atoms with van der Waals surface area (Å²) >= 11 is 0. The first kappa shape index (κ1) is 28.1. The average Bonchev–Trinajstić information content (AvgIpc) is 3.48. The number of anilines is 3. The number of piperazine rings is 1. The average molecular weight is 591 g/mol. The molecule has 10 nitrogen and oxygen atoms in total. The fourth-order valence-electron chi connectivity index (χ4n) is 6.52.